The number of benzene rings is 2. The number of carbonyl (C=O) groups is 1. The molecule has 0 aliphatic carbocycles. The number of rotatable bonds is 6. The number of para-hydroxylation sites is 1. The lowest BCUT2D eigenvalue weighted by atomic mass is 10.0. The van der Waals surface area contributed by atoms with Crippen molar-refractivity contribution in [1.82, 2.24) is 9.88 Å². The van der Waals surface area contributed by atoms with Crippen molar-refractivity contribution >= 4 is 41.0 Å². The van der Waals surface area contributed by atoms with Gasteiger partial charge in [-0.15, -0.1) is 24.2 Å². The molecule has 3 aromatic rings. The molecule has 0 amide bonds. The van der Waals surface area contributed by atoms with E-state index in [9.17, 15) is 4.79 Å². The van der Waals surface area contributed by atoms with E-state index in [0.717, 1.165) is 39.4 Å². The van der Waals surface area contributed by atoms with Crippen LogP contribution in [0.15, 0.2) is 59.6 Å². The molecular formula is C21H23ClN2O2S. The van der Waals surface area contributed by atoms with Crippen LogP contribution in [0.1, 0.15) is 10.4 Å². The van der Waals surface area contributed by atoms with Gasteiger partial charge in [-0.05, 0) is 43.9 Å². The van der Waals surface area contributed by atoms with E-state index in [1.165, 1.54) is 7.11 Å². The number of methoxy groups -OCH3 is 1. The Morgan fingerprint density at radius 1 is 1.11 bits per heavy atom. The Balaban J connectivity index is 0.00000261. The highest BCUT2D eigenvalue weighted by Crippen LogP contribution is 2.33. The number of ether oxygens (including phenoxy) is 1. The normalized spacial score (nSPS) is 10.7. The topological polar surface area (TPSA) is 42.4 Å². The molecule has 0 unspecified atom stereocenters. The molecule has 0 bridgehead atoms. The predicted octanol–water partition coefficient (Wildman–Crippen LogP) is 4.76. The highest BCUT2D eigenvalue weighted by atomic mass is 35.5. The maximum atomic E-state index is 11.7. The summed E-state index contributed by atoms with van der Waals surface area (Å²) in [7, 11) is 5.53. The maximum Gasteiger partial charge on any atom is 0.337 e. The number of halogens is 1. The molecule has 0 spiro atoms. The lowest BCUT2D eigenvalue weighted by molar-refractivity contribution is 0.0601. The van der Waals surface area contributed by atoms with Gasteiger partial charge in [-0.3, -0.25) is 0 Å². The summed E-state index contributed by atoms with van der Waals surface area (Å²) in [6.07, 6.45) is 0. The molecule has 0 aliphatic heterocycles. The summed E-state index contributed by atoms with van der Waals surface area (Å²) >= 11 is 1.76. The van der Waals surface area contributed by atoms with E-state index in [2.05, 4.69) is 31.1 Å². The second-order valence-electron chi connectivity index (χ2n) is 6.25. The third-order valence-electron chi connectivity index (χ3n) is 4.08. The van der Waals surface area contributed by atoms with Crippen LogP contribution in [0.5, 0.6) is 0 Å². The number of aromatic nitrogens is 1. The Hall–Kier alpha value is -2.08. The van der Waals surface area contributed by atoms with Gasteiger partial charge in [-0.1, -0.05) is 30.3 Å². The summed E-state index contributed by atoms with van der Waals surface area (Å²) in [5, 5.41) is 2.12. The number of fused-ring (bicyclic) bond motifs is 1. The number of carbonyl (C=O) groups excluding carboxylic acids is 1. The van der Waals surface area contributed by atoms with Crippen LogP contribution in [-0.2, 0) is 4.74 Å². The summed E-state index contributed by atoms with van der Waals surface area (Å²) in [6.45, 7) is 0.986. The number of thioether (sulfide) groups is 1. The van der Waals surface area contributed by atoms with E-state index in [0.29, 0.717) is 5.56 Å². The predicted molar refractivity (Wildman–Crippen MR) is 115 cm³/mol. The Bertz CT molecular complexity index is 914. The number of esters is 1. The number of hydrogen-bond donors (Lipinski definition) is 0. The van der Waals surface area contributed by atoms with Crippen LogP contribution in [0.2, 0.25) is 0 Å². The molecule has 0 saturated carbocycles. The molecule has 1 aromatic heterocycles. The van der Waals surface area contributed by atoms with Crippen LogP contribution in [0.25, 0.3) is 22.0 Å². The van der Waals surface area contributed by atoms with Crippen molar-refractivity contribution < 1.29 is 9.53 Å². The number of nitrogens with zero attached hydrogens (tertiary/aromatic N) is 2. The second kappa shape index (κ2) is 9.74. The van der Waals surface area contributed by atoms with Gasteiger partial charge >= 0.3 is 5.97 Å². The summed E-state index contributed by atoms with van der Waals surface area (Å²) in [5.74, 6) is 0.639. The zero-order valence-corrected chi connectivity index (χ0v) is 17.3. The first kappa shape index (κ1) is 21.2. The zero-order valence-electron chi connectivity index (χ0n) is 15.6. The lowest BCUT2D eigenvalue weighted by Crippen LogP contribution is -2.14. The third-order valence-corrected chi connectivity index (χ3v) is 5.05. The first-order valence-corrected chi connectivity index (χ1v) is 9.43. The molecule has 2 aromatic carbocycles. The Labute approximate surface area is 170 Å². The molecule has 4 nitrogen and oxygen atoms in total. The summed E-state index contributed by atoms with van der Waals surface area (Å²) in [4.78, 5) is 18.7. The summed E-state index contributed by atoms with van der Waals surface area (Å²) < 4.78 is 4.78. The molecule has 3 rings (SSSR count). The fourth-order valence-electron chi connectivity index (χ4n) is 2.64. The van der Waals surface area contributed by atoms with E-state index in [1.54, 1.807) is 23.9 Å². The van der Waals surface area contributed by atoms with Crippen LogP contribution in [0.4, 0.5) is 0 Å². The van der Waals surface area contributed by atoms with Gasteiger partial charge in [0.25, 0.3) is 0 Å². The standard InChI is InChI=1S/C21H22N2O2S.ClH/c1-23(2)12-13-26-20-18(14-17-6-4-5-7-19(17)22-20)15-8-10-16(11-9-15)21(24)25-3;/h4-11,14H,12-13H2,1-3H3;1H. The molecule has 0 atom stereocenters. The largest absolute Gasteiger partial charge is 0.465 e. The monoisotopic (exact) mass is 402 g/mol. The van der Waals surface area contributed by atoms with Crippen LogP contribution >= 0.6 is 24.2 Å². The van der Waals surface area contributed by atoms with Gasteiger partial charge in [0.1, 0.15) is 5.03 Å². The Morgan fingerprint density at radius 3 is 2.48 bits per heavy atom. The third kappa shape index (κ3) is 5.22. The van der Waals surface area contributed by atoms with Crippen molar-refractivity contribution in [3.8, 4) is 11.1 Å². The van der Waals surface area contributed by atoms with Gasteiger partial charge in [-0.2, -0.15) is 0 Å². The van der Waals surface area contributed by atoms with Crippen molar-refractivity contribution in [3.63, 3.8) is 0 Å². The van der Waals surface area contributed by atoms with E-state index in [1.807, 2.05) is 30.3 Å². The summed E-state index contributed by atoms with van der Waals surface area (Å²) in [6, 6.07) is 17.8. The second-order valence-corrected chi connectivity index (χ2v) is 7.34. The van der Waals surface area contributed by atoms with Gasteiger partial charge in [0.15, 0.2) is 0 Å². The highest BCUT2D eigenvalue weighted by molar-refractivity contribution is 7.99. The minimum Gasteiger partial charge on any atom is -0.465 e. The van der Waals surface area contributed by atoms with Crippen molar-refractivity contribution in [2.24, 2.45) is 0 Å². The minimum absolute atomic E-state index is 0. The van der Waals surface area contributed by atoms with Crippen molar-refractivity contribution in [2.45, 2.75) is 5.03 Å². The van der Waals surface area contributed by atoms with Gasteiger partial charge in [0.05, 0.1) is 18.2 Å². The fraction of sp³-hybridized carbons (Fsp3) is 0.238. The fourth-order valence-corrected chi connectivity index (χ4v) is 3.79. The first-order chi connectivity index (χ1) is 12.6. The van der Waals surface area contributed by atoms with E-state index >= 15 is 0 Å². The number of pyridine rings is 1. The molecule has 0 radical (unpaired) electrons. The van der Waals surface area contributed by atoms with Gasteiger partial charge in [0, 0.05) is 23.2 Å². The van der Waals surface area contributed by atoms with Gasteiger partial charge < -0.3 is 9.64 Å². The average molecular weight is 403 g/mol. The van der Waals surface area contributed by atoms with E-state index < -0.39 is 0 Å². The maximum absolute atomic E-state index is 11.7. The molecule has 6 heteroatoms. The average Bonchev–Trinajstić information content (AvgIpc) is 2.66. The smallest absolute Gasteiger partial charge is 0.337 e. The lowest BCUT2D eigenvalue weighted by Gasteiger charge is -2.13. The Morgan fingerprint density at radius 2 is 1.81 bits per heavy atom. The molecule has 0 N–H and O–H groups in total. The molecule has 0 fully saturated rings. The summed E-state index contributed by atoms with van der Waals surface area (Å²) in [5.41, 5.74) is 3.67. The van der Waals surface area contributed by atoms with Crippen molar-refractivity contribution in [3.05, 3.63) is 60.2 Å². The van der Waals surface area contributed by atoms with E-state index in [4.69, 9.17) is 9.72 Å². The molecule has 0 saturated heterocycles. The number of hydrogen-bond acceptors (Lipinski definition) is 5. The van der Waals surface area contributed by atoms with Crippen LogP contribution in [0, 0.1) is 0 Å². The van der Waals surface area contributed by atoms with Crippen molar-refractivity contribution in [1.29, 1.82) is 0 Å². The molecule has 142 valence electrons. The molecule has 0 aliphatic rings. The van der Waals surface area contributed by atoms with Crippen LogP contribution in [0.3, 0.4) is 0 Å². The first-order valence-electron chi connectivity index (χ1n) is 8.44. The van der Waals surface area contributed by atoms with Gasteiger partial charge in [-0.25, -0.2) is 9.78 Å². The highest BCUT2D eigenvalue weighted by Gasteiger charge is 2.12. The molecular weight excluding hydrogens is 380 g/mol. The van der Waals surface area contributed by atoms with Crippen LogP contribution in [-0.4, -0.2) is 49.4 Å². The quantitative estimate of drug-likeness (QED) is 0.439. The van der Waals surface area contributed by atoms with E-state index in [-0.39, 0.29) is 18.4 Å². The van der Waals surface area contributed by atoms with Gasteiger partial charge in [0.2, 0.25) is 0 Å². The molecule has 27 heavy (non-hydrogen) atoms. The van der Waals surface area contributed by atoms with Crippen molar-refractivity contribution in [2.75, 3.05) is 33.5 Å². The minimum atomic E-state index is -0.325. The molecule has 1 heterocycles. The Kier molecular flexibility index (Phi) is 7.66. The zero-order chi connectivity index (χ0) is 18.5. The van der Waals surface area contributed by atoms with Crippen LogP contribution < -0.4 is 0 Å². The SMILES string of the molecule is COC(=O)c1ccc(-c2cc3ccccc3nc2SCCN(C)C)cc1.Cl.